The van der Waals surface area contributed by atoms with Gasteiger partial charge in [0, 0.05) is 17.8 Å². The van der Waals surface area contributed by atoms with Crippen molar-refractivity contribution in [3.8, 4) is 0 Å². The number of anilines is 1. The van der Waals surface area contributed by atoms with Crippen LogP contribution in [0, 0.1) is 5.92 Å². The van der Waals surface area contributed by atoms with Crippen molar-refractivity contribution in [3.05, 3.63) is 36.7 Å². The number of fused-ring (bicyclic) bond motifs is 1. The van der Waals surface area contributed by atoms with Gasteiger partial charge in [-0.2, -0.15) is 0 Å². The van der Waals surface area contributed by atoms with E-state index >= 15 is 0 Å². The zero-order valence-electron chi connectivity index (χ0n) is 10.4. The highest BCUT2D eigenvalue weighted by Gasteiger charge is 2.19. The Morgan fingerprint density at radius 1 is 1.33 bits per heavy atom. The molecule has 0 saturated heterocycles. The Bertz CT molecular complexity index is 563. The van der Waals surface area contributed by atoms with Gasteiger partial charge in [-0.15, -0.1) is 0 Å². The third kappa shape index (κ3) is 2.70. The number of hydrogen-bond donors (Lipinski definition) is 1. The van der Waals surface area contributed by atoms with Gasteiger partial charge in [-0.3, -0.25) is 9.78 Å². The fourth-order valence-corrected chi connectivity index (χ4v) is 1.84. The molecule has 0 saturated carbocycles. The highest BCUT2D eigenvalue weighted by Crippen LogP contribution is 2.23. The highest BCUT2D eigenvalue weighted by molar-refractivity contribution is 9.10. The van der Waals surface area contributed by atoms with Gasteiger partial charge in [0.1, 0.15) is 0 Å². The van der Waals surface area contributed by atoms with E-state index in [1.54, 1.807) is 12.4 Å². The second-order valence-corrected chi connectivity index (χ2v) is 5.52. The summed E-state index contributed by atoms with van der Waals surface area (Å²) in [6.45, 7) is 4.01. The van der Waals surface area contributed by atoms with Gasteiger partial charge in [0.2, 0.25) is 5.91 Å². The molecule has 3 nitrogen and oxygen atoms in total. The fraction of sp³-hybridized carbons (Fsp3) is 0.286. The molecule has 1 unspecified atom stereocenters. The topological polar surface area (TPSA) is 42.0 Å². The van der Waals surface area contributed by atoms with Crippen LogP contribution in [0.1, 0.15) is 13.8 Å². The van der Waals surface area contributed by atoms with E-state index in [0.717, 1.165) is 16.5 Å². The molecule has 0 aliphatic rings. The van der Waals surface area contributed by atoms with Crippen molar-refractivity contribution in [2.45, 2.75) is 18.7 Å². The van der Waals surface area contributed by atoms with Gasteiger partial charge in [-0.25, -0.2) is 0 Å². The van der Waals surface area contributed by atoms with Crippen LogP contribution in [0.2, 0.25) is 0 Å². The monoisotopic (exact) mass is 306 g/mol. The van der Waals surface area contributed by atoms with E-state index in [0.29, 0.717) is 0 Å². The summed E-state index contributed by atoms with van der Waals surface area (Å²) < 4.78 is 0. The average Bonchev–Trinajstić information content (AvgIpc) is 2.38. The molecule has 1 aromatic heterocycles. The molecular weight excluding hydrogens is 292 g/mol. The summed E-state index contributed by atoms with van der Waals surface area (Å²) in [4.78, 5) is 15.9. The summed E-state index contributed by atoms with van der Waals surface area (Å²) >= 11 is 3.40. The van der Waals surface area contributed by atoms with Crippen LogP contribution < -0.4 is 5.32 Å². The third-order valence-electron chi connectivity index (χ3n) is 2.78. The fourth-order valence-electron chi connectivity index (χ4n) is 1.73. The maximum Gasteiger partial charge on any atom is 0.238 e. The van der Waals surface area contributed by atoms with Gasteiger partial charge in [-0.05, 0) is 23.4 Å². The SMILES string of the molecule is CC(C)C(Br)C(=O)Nc1cccc2ccncc12. The van der Waals surface area contributed by atoms with Crippen molar-refractivity contribution in [1.29, 1.82) is 0 Å². The van der Waals surface area contributed by atoms with E-state index < -0.39 is 0 Å². The molecule has 0 aliphatic carbocycles. The van der Waals surface area contributed by atoms with Crippen LogP contribution in [0.15, 0.2) is 36.7 Å². The highest BCUT2D eigenvalue weighted by atomic mass is 79.9. The lowest BCUT2D eigenvalue weighted by Gasteiger charge is -2.14. The number of amides is 1. The summed E-state index contributed by atoms with van der Waals surface area (Å²) in [6.07, 6.45) is 3.51. The predicted molar refractivity (Wildman–Crippen MR) is 77.9 cm³/mol. The second kappa shape index (κ2) is 5.48. The number of rotatable bonds is 3. The molecule has 1 N–H and O–H groups in total. The Balaban J connectivity index is 2.30. The number of benzene rings is 1. The average molecular weight is 307 g/mol. The second-order valence-electron chi connectivity index (χ2n) is 4.54. The summed E-state index contributed by atoms with van der Waals surface area (Å²) in [5.41, 5.74) is 0.802. The predicted octanol–water partition coefficient (Wildman–Crippen LogP) is 3.59. The number of aromatic nitrogens is 1. The summed E-state index contributed by atoms with van der Waals surface area (Å²) in [7, 11) is 0. The van der Waals surface area contributed by atoms with E-state index in [4.69, 9.17) is 0 Å². The number of halogens is 1. The lowest BCUT2D eigenvalue weighted by Crippen LogP contribution is -2.27. The lowest BCUT2D eigenvalue weighted by molar-refractivity contribution is -0.116. The molecule has 2 aromatic rings. The number of alkyl halides is 1. The van der Waals surface area contributed by atoms with Crippen LogP contribution in [0.4, 0.5) is 5.69 Å². The molecule has 0 radical (unpaired) electrons. The molecule has 1 atom stereocenters. The van der Waals surface area contributed by atoms with Gasteiger partial charge >= 0.3 is 0 Å². The zero-order valence-corrected chi connectivity index (χ0v) is 11.9. The number of nitrogens with one attached hydrogen (secondary N) is 1. The molecule has 0 fully saturated rings. The van der Waals surface area contributed by atoms with Crippen LogP contribution in [0.25, 0.3) is 10.8 Å². The molecule has 4 heteroatoms. The van der Waals surface area contributed by atoms with Crippen molar-refractivity contribution < 1.29 is 4.79 Å². The molecule has 0 bridgehead atoms. The first-order chi connectivity index (χ1) is 8.59. The van der Waals surface area contributed by atoms with E-state index in [2.05, 4.69) is 26.2 Å². The van der Waals surface area contributed by atoms with Gasteiger partial charge in [0.25, 0.3) is 0 Å². The van der Waals surface area contributed by atoms with Gasteiger partial charge in [0.15, 0.2) is 0 Å². The molecule has 0 aliphatic heterocycles. The molecule has 18 heavy (non-hydrogen) atoms. The quantitative estimate of drug-likeness (QED) is 0.881. The van der Waals surface area contributed by atoms with Crippen LogP contribution in [0.5, 0.6) is 0 Å². The van der Waals surface area contributed by atoms with Crippen molar-refractivity contribution in [1.82, 2.24) is 4.98 Å². The van der Waals surface area contributed by atoms with Crippen LogP contribution in [-0.4, -0.2) is 15.7 Å². The molecule has 0 spiro atoms. The number of pyridine rings is 1. The van der Waals surface area contributed by atoms with E-state index in [9.17, 15) is 4.79 Å². The van der Waals surface area contributed by atoms with Gasteiger partial charge < -0.3 is 5.32 Å². The van der Waals surface area contributed by atoms with Crippen LogP contribution in [0.3, 0.4) is 0 Å². The minimum atomic E-state index is -0.190. The number of hydrogen-bond acceptors (Lipinski definition) is 2. The van der Waals surface area contributed by atoms with Crippen molar-refractivity contribution in [2.24, 2.45) is 5.92 Å². The molecule has 1 heterocycles. The Kier molecular flexibility index (Phi) is 3.97. The minimum absolute atomic E-state index is 0.0265. The Hall–Kier alpha value is -1.42. The number of nitrogens with zero attached hydrogens (tertiary/aromatic N) is 1. The van der Waals surface area contributed by atoms with E-state index in [-0.39, 0.29) is 16.7 Å². The molecule has 94 valence electrons. The van der Waals surface area contributed by atoms with Crippen LogP contribution in [-0.2, 0) is 4.79 Å². The maximum atomic E-state index is 12.0. The zero-order chi connectivity index (χ0) is 13.1. The first-order valence-corrected chi connectivity index (χ1v) is 6.79. The van der Waals surface area contributed by atoms with Gasteiger partial charge in [0.05, 0.1) is 10.5 Å². The lowest BCUT2D eigenvalue weighted by atomic mass is 10.1. The Morgan fingerprint density at radius 3 is 2.83 bits per heavy atom. The van der Waals surface area contributed by atoms with Crippen molar-refractivity contribution in [3.63, 3.8) is 0 Å². The van der Waals surface area contributed by atoms with Crippen molar-refractivity contribution >= 4 is 38.3 Å². The van der Waals surface area contributed by atoms with Crippen LogP contribution >= 0.6 is 15.9 Å². The van der Waals surface area contributed by atoms with Crippen molar-refractivity contribution in [2.75, 3.05) is 5.32 Å². The Morgan fingerprint density at radius 2 is 2.11 bits per heavy atom. The number of carbonyl (C=O) groups excluding carboxylic acids is 1. The van der Waals surface area contributed by atoms with E-state index in [1.165, 1.54) is 0 Å². The summed E-state index contributed by atoms with van der Waals surface area (Å²) in [5.74, 6) is 0.222. The first kappa shape index (κ1) is 13.0. The Labute approximate surface area is 115 Å². The largest absolute Gasteiger partial charge is 0.324 e. The normalized spacial score (nSPS) is 12.7. The first-order valence-electron chi connectivity index (χ1n) is 5.87. The number of carbonyl (C=O) groups is 1. The summed E-state index contributed by atoms with van der Waals surface area (Å²) in [6, 6.07) is 7.75. The smallest absolute Gasteiger partial charge is 0.238 e. The van der Waals surface area contributed by atoms with Gasteiger partial charge in [-0.1, -0.05) is 41.9 Å². The third-order valence-corrected chi connectivity index (χ3v) is 4.25. The molecule has 1 aromatic carbocycles. The summed E-state index contributed by atoms with van der Waals surface area (Å²) in [5, 5.41) is 4.96. The molecule has 2 rings (SSSR count). The molecule has 1 amide bonds. The minimum Gasteiger partial charge on any atom is -0.324 e. The molecular formula is C14H15BrN2O. The van der Waals surface area contributed by atoms with E-state index in [1.807, 2.05) is 38.1 Å². The standard InChI is InChI=1S/C14H15BrN2O/c1-9(2)13(15)14(18)17-12-5-3-4-10-6-7-16-8-11(10)12/h3-9,13H,1-2H3,(H,17,18). The maximum absolute atomic E-state index is 12.0.